The predicted molar refractivity (Wildman–Crippen MR) is 85.3 cm³/mol. The van der Waals surface area contributed by atoms with Crippen LogP contribution in [-0.4, -0.2) is 24.8 Å². The second-order valence-corrected chi connectivity index (χ2v) is 5.46. The summed E-state index contributed by atoms with van der Waals surface area (Å²) in [5, 5.41) is 9.60. The molecule has 22 heavy (non-hydrogen) atoms. The maximum Gasteiger partial charge on any atom is 0.341 e. The standard InChI is InChI=1S/C17H19ClO4/c1-11-15(17(20)21-2)14(5-3-4-10-19)16(22-11)12-6-8-13(18)9-7-12/h6-9,19H,3-5,10H2,1-2H3. The second kappa shape index (κ2) is 7.47. The normalized spacial score (nSPS) is 10.7. The number of carbonyl (C=O) groups is 1. The molecule has 1 N–H and O–H groups in total. The van der Waals surface area contributed by atoms with E-state index in [0.29, 0.717) is 34.9 Å². The van der Waals surface area contributed by atoms with E-state index in [2.05, 4.69) is 0 Å². The highest BCUT2D eigenvalue weighted by molar-refractivity contribution is 6.30. The van der Waals surface area contributed by atoms with Crippen molar-refractivity contribution in [3.63, 3.8) is 0 Å². The predicted octanol–water partition coefficient (Wildman–Crippen LogP) is 4.01. The van der Waals surface area contributed by atoms with Gasteiger partial charge in [0.2, 0.25) is 0 Å². The third-order valence-electron chi connectivity index (χ3n) is 3.51. The van der Waals surface area contributed by atoms with Gasteiger partial charge in [0.05, 0.1) is 7.11 Å². The Balaban J connectivity index is 2.47. The number of furan rings is 1. The Morgan fingerprint density at radius 2 is 1.95 bits per heavy atom. The molecule has 0 radical (unpaired) electrons. The molecule has 4 nitrogen and oxygen atoms in total. The van der Waals surface area contributed by atoms with Crippen LogP contribution < -0.4 is 0 Å². The summed E-state index contributed by atoms with van der Waals surface area (Å²) in [6.07, 6.45) is 2.07. The Morgan fingerprint density at radius 3 is 2.55 bits per heavy atom. The molecule has 1 aromatic heterocycles. The van der Waals surface area contributed by atoms with Gasteiger partial charge >= 0.3 is 5.97 Å². The molecule has 2 rings (SSSR count). The monoisotopic (exact) mass is 322 g/mol. The van der Waals surface area contributed by atoms with Gasteiger partial charge in [-0.05, 0) is 50.5 Å². The molecule has 2 aromatic rings. The molecule has 118 valence electrons. The third kappa shape index (κ3) is 3.51. The van der Waals surface area contributed by atoms with E-state index in [1.165, 1.54) is 7.11 Å². The van der Waals surface area contributed by atoms with E-state index in [-0.39, 0.29) is 6.61 Å². The van der Waals surface area contributed by atoms with Gasteiger partial charge in [-0.15, -0.1) is 0 Å². The van der Waals surface area contributed by atoms with Gasteiger partial charge in [0, 0.05) is 22.8 Å². The number of carbonyl (C=O) groups excluding carboxylic acids is 1. The largest absolute Gasteiger partial charge is 0.465 e. The first kappa shape index (κ1) is 16.6. The third-order valence-corrected chi connectivity index (χ3v) is 3.77. The molecule has 0 amide bonds. The lowest BCUT2D eigenvalue weighted by Gasteiger charge is -2.05. The van der Waals surface area contributed by atoms with Crippen LogP contribution in [0.3, 0.4) is 0 Å². The van der Waals surface area contributed by atoms with Gasteiger partial charge < -0.3 is 14.3 Å². The number of halogens is 1. The number of aryl methyl sites for hydroxylation is 1. The van der Waals surface area contributed by atoms with Crippen molar-refractivity contribution >= 4 is 17.6 Å². The smallest absolute Gasteiger partial charge is 0.341 e. The molecule has 5 heteroatoms. The number of aliphatic hydroxyl groups excluding tert-OH is 1. The first-order valence-electron chi connectivity index (χ1n) is 7.15. The number of benzene rings is 1. The fourth-order valence-corrected chi connectivity index (χ4v) is 2.57. The fourth-order valence-electron chi connectivity index (χ4n) is 2.45. The zero-order valence-corrected chi connectivity index (χ0v) is 13.4. The molecule has 0 saturated heterocycles. The fraction of sp³-hybridized carbons (Fsp3) is 0.353. The van der Waals surface area contributed by atoms with Gasteiger partial charge in [-0.3, -0.25) is 0 Å². The molecule has 0 saturated carbocycles. The van der Waals surface area contributed by atoms with Crippen molar-refractivity contribution in [3.05, 3.63) is 46.2 Å². The van der Waals surface area contributed by atoms with Crippen molar-refractivity contribution in [2.45, 2.75) is 26.2 Å². The Morgan fingerprint density at radius 1 is 1.27 bits per heavy atom. The minimum Gasteiger partial charge on any atom is -0.465 e. The van der Waals surface area contributed by atoms with Crippen molar-refractivity contribution in [1.82, 2.24) is 0 Å². The van der Waals surface area contributed by atoms with E-state index in [9.17, 15) is 4.79 Å². The minimum atomic E-state index is -0.402. The van der Waals surface area contributed by atoms with Gasteiger partial charge in [0.1, 0.15) is 17.1 Å². The van der Waals surface area contributed by atoms with Crippen LogP contribution in [0.4, 0.5) is 0 Å². The summed E-state index contributed by atoms with van der Waals surface area (Å²) in [7, 11) is 1.36. The molecular weight excluding hydrogens is 304 g/mol. The van der Waals surface area contributed by atoms with Crippen molar-refractivity contribution < 1.29 is 19.1 Å². The Hall–Kier alpha value is -1.78. The van der Waals surface area contributed by atoms with Gasteiger partial charge in [0.25, 0.3) is 0 Å². The van der Waals surface area contributed by atoms with E-state index in [1.807, 2.05) is 12.1 Å². The van der Waals surface area contributed by atoms with E-state index in [4.69, 9.17) is 25.9 Å². The first-order chi connectivity index (χ1) is 10.6. The number of unbranched alkanes of at least 4 members (excludes halogenated alkanes) is 1. The summed E-state index contributed by atoms with van der Waals surface area (Å²) in [6.45, 7) is 1.88. The van der Waals surface area contributed by atoms with Gasteiger partial charge in [-0.2, -0.15) is 0 Å². The number of esters is 1. The van der Waals surface area contributed by atoms with Crippen LogP contribution in [0.15, 0.2) is 28.7 Å². The topological polar surface area (TPSA) is 59.7 Å². The lowest BCUT2D eigenvalue weighted by molar-refractivity contribution is 0.0597. The lowest BCUT2D eigenvalue weighted by Crippen LogP contribution is -2.06. The molecule has 0 unspecified atom stereocenters. The van der Waals surface area contributed by atoms with Crippen molar-refractivity contribution in [1.29, 1.82) is 0 Å². The van der Waals surface area contributed by atoms with Gasteiger partial charge in [-0.25, -0.2) is 4.79 Å². The van der Waals surface area contributed by atoms with E-state index in [0.717, 1.165) is 17.5 Å². The number of hydrogen-bond donors (Lipinski definition) is 1. The van der Waals surface area contributed by atoms with Crippen molar-refractivity contribution in [3.8, 4) is 11.3 Å². The zero-order valence-electron chi connectivity index (χ0n) is 12.7. The summed E-state index contributed by atoms with van der Waals surface area (Å²) < 4.78 is 10.7. The highest BCUT2D eigenvalue weighted by Gasteiger charge is 2.24. The van der Waals surface area contributed by atoms with E-state index < -0.39 is 5.97 Å². The van der Waals surface area contributed by atoms with Gasteiger partial charge in [-0.1, -0.05) is 11.6 Å². The van der Waals surface area contributed by atoms with Crippen LogP contribution in [0.1, 0.15) is 34.5 Å². The molecule has 0 spiro atoms. The Bertz CT molecular complexity index is 643. The number of hydrogen-bond acceptors (Lipinski definition) is 4. The van der Waals surface area contributed by atoms with Crippen LogP contribution in [0.5, 0.6) is 0 Å². The Labute approximate surface area is 134 Å². The maximum atomic E-state index is 12.0. The van der Waals surface area contributed by atoms with Crippen LogP contribution in [0.2, 0.25) is 5.02 Å². The lowest BCUT2D eigenvalue weighted by atomic mass is 9.99. The summed E-state index contributed by atoms with van der Waals surface area (Å²) in [5.41, 5.74) is 2.16. The Kier molecular flexibility index (Phi) is 5.63. The minimum absolute atomic E-state index is 0.126. The highest BCUT2D eigenvalue weighted by atomic mass is 35.5. The molecule has 0 aliphatic rings. The van der Waals surface area contributed by atoms with Crippen molar-refractivity contribution in [2.75, 3.05) is 13.7 Å². The molecule has 1 heterocycles. The number of ether oxygens (including phenoxy) is 1. The summed E-state index contributed by atoms with van der Waals surface area (Å²) >= 11 is 5.92. The summed E-state index contributed by atoms with van der Waals surface area (Å²) in [4.78, 5) is 12.0. The van der Waals surface area contributed by atoms with Crippen LogP contribution in [0, 0.1) is 6.92 Å². The molecule has 0 aliphatic carbocycles. The summed E-state index contributed by atoms with van der Waals surface area (Å²) in [6, 6.07) is 7.28. The molecule has 0 aliphatic heterocycles. The molecule has 0 atom stereocenters. The molecular formula is C17H19ClO4. The average Bonchev–Trinajstić information content (AvgIpc) is 2.84. The van der Waals surface area contributed by atoms with Crippen LogP contribution in [-0.2, 0) is 11.2 Å². The number of methoxy groups -OCH3 is 1. The highest BCUT2D eigenvalue weighted by Crippen LogP contribution is 2.33. The molecule has 0 fully saturated rings. The van der Waals surface area contributed by atoms with Gasteiger partial charge in [0.15, 0.2) is 0 Å². The van der Waals surface area contributed by atoms with E-state index in [1.54, 1.807) is 19.1 Å². The van der Waals surface area contributed by atoms with Crippen LogP contribution in [0.25, 0.3) is 11.3 Å². The average molecular weight is 323 g/mol. The number of rotatable bonds is 6. The molecule has 0 bridgehead atoms. The zero-order chi connectivity index (χ0) is 16.1. The quantitative estimate of drug-likeness (QED) is 0.645. The number of aliphatic hydroxyl groups is 1. The maximum absolute atomic E-state index is 12.0. The summed E-state index contributed by atoms with van der Waals surface area (Å²) in [5.74, 6) is 0.795. The SMILES string of the molecule is COC(=O)c1c(C)oc(-c2ccc(Cl)cc2)c1CCCCO. The molecule has 1 aromatic carbocycles. The van der Waals surface area contributed by atoms with E-state index >= 15 is 0 Å². The van der Waals surface area contributed by atoms with Crippen LogP contribution >= 0.6 is 11.6 Å². The second-order valence-electron chi connectivity index (χ2n) is 5.02. The van der Waals surface area contributed by atoms with Crippen molar-refractivity contribution in [2.24, 2.45) is 0 Å². The first-order valence-corrected chi connectivity index (χ1v) is 7.53.